The van der Waals surface area contributed by atoms with Crippen LogP contribution in [0.4, 0.5) is 4.79 Å². The maximum atomic E-state index is 12.4. The highest BCUT2D eigenvalue weighted by Gasteiger charge is 2.34. The number of cyclic esters (lactones) is 1. The first-order valence-electron chi connectivity index (χ1n) is 9.90. The summed E-state index contributed by atoms with van der Waals surface area (Å²) in [5.41, 5.74) is 2.37. The minimum atomic E-state index is -0.276. The van der Waals surface area contributed by atoms with Gasteiger partial charge in [-0.3, -0.25) is 4.79 Å². The number of rotatable bonds is 9. The summed E-state index contributed by atoms with van der Waals surface area (Å²) in [7, 11) is 1.38. The minimum Gasteiger partial charge on any atom is -0.469 e. The molecule has 5 nitrogen and oxygen atoms in total. The lowest BCUT2D eigenvalue weighted by Gasteiger charge is -2.25. The first-order chi connectivity index (χ1) is 14.2. The highest BCUT2D eigenvalue weighted by atomic mass is 16.6. The van der Waals surface area contributed by atoms with E-state index in [1.54, 1.807) is 0 Å². The standard InChI is InChI=1S/C24H27NO4/c1-28-23(26)14-8-13-21(15-19-9-4-2-5-10-19)17-25-22(18-29-24(25)27)16-20-11-6-3-7-12-20/h2-13,21-22H,14-18H2,1H3/t21-,22?/m1/s1. The number of carbonyl (C=O) groups is 2. The van der Waals surface area contributed by atoms with Crippen LogP contribution in [0.5, 0.6) is 0 Å². The van der Waals surface area contributed by atoms with E-state index in [2.05, 4.69) is 24.3 Å². The Morgan fingerprint density at radius 1 is 1.14 bits per heavy atom. The van der Waals surface area contributed by atoms with Gasteiger partial charge in [-0.05, 0) is 29.9 Å². The average Bonchev–Trinajstić information content (AvgIpc) is 3.08. The molecule has 0 radical (unpaired) electrons. The molecule has 1 unspecified atom stereocenters. The second-order valence-corrected chi connectivity index (χ2v) is 7.23. The maximum absolute atomic E-state index is 12.4. The van der Waals surface area contributed by atoms with Crippen molar-refractivity contribution in [2.75, 3.05) is 20.3 Å². The highest BCUT2D eigenvalue weighted by Crippen LogP contribution is 2.21. The third-order valence-corrected chi connectivity index (χ3v) is 5.08. The van der Waals surface area contributed by atoms with Crippen LogP contribution in [0.15, 0.2) is 72.8 Å². The Kier molecular flexibility index (Phi) is 7.45. The van der Waals surface area contributed by atoms with Gasteiger partial charge in [-0.25, -0.2) is 4.79 Å². The fourth-order valence-electron chi connectivity index (χ4n) is 3.57. The van der Waals surface area contributed by atoms with Gasteiger partial charge >= 0.3 is 12.1 Å². The first-order valence-corrected chi connectivity index (χ1v) is 9.90. The fraction of sp³-hybridized carbons (Fsp3) is 0.333. The van der Waals surface area contributed by atoms with Crippen molar-refractivity contribution in [3.63, 3.8) is 0 Å². The summed E-state index contributed by atoms with van der Waals surface area (Å²) >= 11 is 0. The summed E-state index contributed by atoms with van der Waals surface area (Å²) in [5.74, 6) is -0.201. The van der Waals surface area contributed by atoms with Gasteiger partial charge in [0, 0.05) is 6.54 Å². The number of ether oxygens (including phenoxy) is 2. The van der Waals surface area contributed by atoms with Gasteiger partial charge in [0.25, 0.3) is 0 Å². The van der Waals surface area contributed by atoms with Crippen molar-refractivity contribution >= 4 is 12.1 Å². The molecule has 1 saturated heterocycles. The third kappa shape index (κ3) is 6.21. The molecule has 0 aromatic heterocycles. The number of amides is 1. The topological polar surface area (TPSA) is 55.8 Å². The van der Waals surface area contributed by atoms with Gasteiger partial charge in [0.1, 0.15) is 6.61 Å². The van der Waals surface area contributed by atoms with Gasteiger partial charge in [-0.2, -0.15) is 0 Å². The Balaban J connectivity index is 1.71. The Labute approximate surface area is 171 Å². The lowest BCUT2D eigenvalue weighted by molar-refractivity contribution is -0.139. The van der Waals surface area contributed by atoms with E-state index in [-0.39, 0.29) is 30.4 Å². The normalized spacial score (nSPS) is 17.3. The molecule has 0 spiro atoms. The molecule has 152 valence electrons. The van der Waals surface area contributed by atoms with Gasteiger partial charge in [0.15, 0.2) is 0 Å². The van der Waals surface area contributed by atoms with E-state index in [0.717, 1.165) is 12.8 Å². The number of benzene rings is 2. The smallest absolute Gasteiger partial charge is 0.410 e. The van der Waals surface area contributed by atoms with Crippen molar-refractivity contribution in [1.82, 2.24) is 4.90 Å². The molecule has 2 aromatic carbocycles. The van der Waals surface area contributed by atoms with E-state index in [1.807, 2.05) is 53.5 Å². The number of nitrogens with zero attached hydrogens (tertiary/aromatic N) is 1. The summed E-state index contributed by atoms with van der Waals surface area (Å²) in [6.07, 6.45) is 5.32. The quantitative estimate of drug-likeness (QED) is 0.477. The van der Waals surface area contributed by atoms with Crippen LogP contribution in [0.25, 0.3) is 0 Å². The van der Waals surface area contributed by atoms with Gasteiger partial charge < -0.3 is 14.4 Å². The van der Waals surface area contributed by atoms with Crippen LogP contribution in [0.1, 0.15) is 17.5 Å². The van der Waals surface area contributed by atoms with Crippen molar-refractivity contribution in [1.29, 1.82) is 0 Å². The SMILES string of the molecule is COC(=O)CC=C[C@H](Cc1ccccc1)CN1C(=O)OCC1Cc1ccccc1. The summed E-state index contributed by atoms with van der Waals surface area (Å²) in [5, 5.41) is 0. The van der Waals surface area contributed by atoms with Crippen molar-refractivity contribution < 1.29 is 19.1 Å². The van der Waals surface area contributed by atoms with Crippen LogP contribution in [0, 0.1) is 5.92 Å². The van der Waals surface area contributed by atoms with E-state index in [9.17, 15) is 9.59 Å². The lowest BCUT2D eigenvalue weighted by atomic mass is 9.96. The molecule has 0 bridgehead atoms. The van der Waals surface area contributed by atoms with Gasteiger partial charge in [0.2, 0.25) is 0 Å². The van der Waals surface area contributed by atoms with E-state index >= 15 is 0 Å². The molecule has 1 aliphatic rings. The van der Waals surface area contributed by atoms with Crippen LogP contribution in [-0.2, 0) is 27.1 Å². The summed E-state index contributed by atoms with van der Waals surface area (Å²) in [6.45, 7) is 0.945. The zero-order valence-corrected chi connectivity index (χ0v) is 16.7. The lowest BCUT2D eigenvalue weighted by Crippen LogP contribution is -2.38. The van der Waals surface area contributed by atoms with Crippen molar-refractivity contribution in [2.24, 2.45) is 5.92 Å². The Hall–Kier alpha value is -3.08. The first kappa shape index (κ1) is 20.6. The Morgan fingerprint density at radius 2 is 1.79 bits per heavy atom. The van der Waals surface area contributed by atoms with E-state index in [1.165, 1.54) is 18.2 Å². The molecule has 2 atom stereocenters. The number of esters is 1. The summed E-state index contributed by atoms with van der Waals surface area (Å²) < 4.78 is 10.1. The predicted molar refractivity (Wildman–Crippen MR) is 111 cm³/mol. The number of carbonyl (C=O) groups excluding carboxylic acids is 2. The molecule has 1 fully saturated rings. The molecule has 3 rings (SSSR count). The Bertz CT molecular complexity index is 819. The average molecular weight is 393 g/mol. The molecule has 5 heteroatoms. The number of hydrogen-bond donors (Lipinski definition) is 0. The molecule has 0 saturated carbocycles. The van der Waals surface area contributed by atoms with Crippen LogP contribution in [0.3, 0.4) is 0 Å². The maximum Gasteiger partial charge on any atom is 0.410 e. The van der Waals surface area contributed by atoms with E-state index in [0.29, 0.717) is 13.2 Å². The monoisotopic (exact) mass is 393 g/mol. The van der Waals surface area contributed by atoms with Gasteiger partial charge in [-0.15, -0.1) is 0 Å². The number of hydrogen-bond acceptors (Lipinski definition) is 4. The summed E-state index contributed by atoms with van der Waals surface area (Å²) in [6, 6.07) is 20.3. The third-order valence-electron chi connectivity index (χ3n) is 5.08. The Morgan fingerprint density at radius 3 is 2.45 bits per heavy atom. The minimum absolute atomic E-state index is 0.0113. The van der Waals surface area contributed by atoms with Gasteiger partial charge in [0.05, 0.1) is 19.6 Å². The molecule has 2 aromatic rings. The summed E-state index contributed by atoms with van der Waals surface area (Å²) in [4.78, 5) is 25.7. The van der Waals surface area contributed by atoms with Crippen LogP contribution in [0.2, 0.25) is 0 Å². The molecular weight excluding hydrogens is 366 g/mol. The molecule has 29 heavy (non-hydrogen) atoms. The van der Waals surface area contributed by atoms with Crippen molar-refractivity contribution in [3.8, 4) is 0 Å². The second kappa shape index (κ2) is 10.5. The van der Waals surface area contributed by atoms with Crippen LogP contribution in [-0.4, -0.2) is 43.3 Å². The van der Waals surface area contributed by atoms with E-state index in [4.69, 9.17) is 9.47 Å². The predicted octanol–water partition coefficient (Wildman–Crippen LogP) is 4.03. The van der Waals surface area contributed by atoms with Crippen LogP contribution >= 0.6 is 0 Å². The van der Waals surface area contributed by atoms with Crippen molar-refractivity contribution in [3.05, 3.63) is 83.9 Å². The fourth-order valence-corrected chi connectivity index (χ4v) is 3.57. The van der Waals surface area contributed by atoms with Crippen molar-refractivity contribution in [2.45, 2.75) is 25.3 Å². The number of methoxy groups -OCH3 is 1. The zero-order chi connectivity index (χ0) is 20.5. The molecule has 1 heterocycles. The highest BCUT2D eigenvalue weighted by molar-refractivity contribution is 5.71. The second-order valence-electron chi connectivity index (χ2n) is 7.23. The zero-order valence-electron chi connectivity index (χ0n) is 16.7. The largest absolute Gasteiger partial charge is 0.469 e. The van der Waals surface area contributed by atoms with Crippen LogP contribution < -0.4 is 0 Å². The molecular formula is C24H27NO4. The molecule has 1 amide bonds. The molecule has 1 aliphatic heterocycles. The molecule has 0 N–H and O–H groups in total. The van der Waals surface area contributed by atoms with E-state index < -0.39 is 0 Å². The molecule has 0 aliphatic carbocycles. The van der Waals surface area contributed by atoms with Gasteiger partial charge in [-0.1, -0.05) is 72.8 Å².